The van der Waals surface area contributed by atoms with Crippen molar-refractivity contribution in [2.45, 2.75) is 117 Å². The number of nitrogens with zero attached hydrogens (tertiary/aromatic N) is 1. The van der Waals surface area contributed by atoms with Crippen molar-refractivity contribution in [2.75, 3.05) is 0 Å². The Balaban J connectivity index is 2.67. The predicted molar refractivity (Wildman–Crippen MR) is 180 cm³/mol. The number of amides is 3. The number of alkyl carbamates (subject to hydrolysis) is 1. The molecule has 0 heterocycles. The number of terminal acetylenes is 1. The fourth-order valence-electron chi connectivity index (χ4n) is 4.79. The van der Waals surface area contributed by atoms with Crippen LogP contribution in [0, 0.1) is 18.3 Å². The van der Waals surface area contributed by atoms with Crippen LogP contribution in [-0.2, 0) is 30.3 Å². The van der Waals surface area contributed by atoms with Gasteiger partial charge in [-0.2, -0.15) is 0 Å². The van der Waals surface area contributed by atoms with E-state index in [0.717, 1.165) is 5.56 Å². The van der Waals surface area contributed by atoms with E-state index in [1.807, 2.05) is 30.3 Å². The van der Waals surface area contributed by atoms with Crippen molar-refractivity contribution in [3.63, 3.8) is 0 Å². The molecule has 2 rings (SSSR count). The number of benzene rings is 2. The first kappa shape index (κ1) is 37.9. The summed E-state index contributed by atoms with van der Waals surface area (Å²) >= 11 is 0. The number of carbonyl (C=O) groups is 4. The van der Waals surface area contributed by atoms with Crippen molar-refractivity contribution in [3.8, 4) is 12.3 Å². The highest BCUT2D eigenvalue weighted by Crippen LogP contribution is 2.31. The van der Waals surface area contributed by atoms with Gasteiger partial charge in [-0.3, -0.25) is 9.59 Å². The molecule has 9 heteroatoms. The third-order valence-electron chi connectivity index (χ3n) is 6.76. The lowest BCUT2D eigenvalue weighted by Gasteiger charge is -2.44. The van der Waals surface area contributed by atoms with Gasteiger partial charge in [0.15, 0.2) is 0 Å². The zero-order chi connectivity index (χ0) is 35.0. The van der Waals surface area contributed by atoms with Crippen LogP contribution in [0.15, 0.2) is 54.6 Å². The molecule has 3 unspecified atom stereocenters. The predicted octanol–water partition coefficient (Wildman–Crippen LogP) is 5.95. The van der Waals surface area contributed by atoms with Crippen LogP contribution in [0.3, 0.4) is 0 Å². The molecule has 3 amide bonds. The third-order valence-corrected chi connectivity index (χ3v) is 6.76. The molecule has 2 N–H and O–H groups in total. The van der Waals surface area contributed by atoms with Gasteiger partial charge in [0.05, 0.1) is 0 Å². The van der Waals surface area contributed by atoms with Crippen molar-refractivity contribution in [2.24, 2.45) is 5.92 Å². The van der Waals surface area contributed by atoms with Gasteiger partial charge in [0.1, 0.15) is 29.3 Å². The lowest BCUT2D eigenvalue weighted by molar-refractivity contribution is -0.159. The smallest absolute Gasteiger partial charge is 0.408 e. The van der Waals surface area contributed by atoms with Crippen LogP contribution in [0.1, 0.15) is 98.9 Å². The lowest BCUT2D eigenvalue weighted by atomic mass is 9.92. The average molecular weight is 634 g/mol. The van der Waals surface area contributed by atoms with Gasteiger partial charge in [-0.25, -0.2) is 9.59 Å². The Morgan fingerprint density at radius 1 is 0.804 bits per heavy atom. The van der Waals surface area contributed by atoms with Crippen LogP contribution in [0.5, 0.6) is 0 Å². The maximum atomic E-state index is 14.5. The molecule has 0 saturated carbocycles. The van der Waals surface area contributed by atoms with Gasteiger partial charge in [0, 0.05) is 17.5 Å². The Labute approximate surface area is 274 Å². The van der Waals surface area contributed by atoms with Gasteiger partial charge in [-0.1, -0.05) is 62.2 Å². The molecular formula is C37H51N3O6. The van der Waals surface area contributed by atoms with Gasteiger partial charge < -0.3 is 25.0 Å². The van der Waals surface area contributed by atoms with Crippen molar-refractivity contribution in [1.82, 2.24) is 15.5 Å². The van der Waals surface area contributed by atoms with E-state index in [2.05, 4.69) is 16.6 Å². The molecule has 2 aromatic carbocycles. The summed E-state index contributed by atoms with van der Waals surface area (Å²) in [7, 11) is 0. The van der Waals surface area contributed by atoms with Crippen molar-refractivity contribution >= 4 is 23.9 Å². The third kappa shape index (κ3) is 11.6. The highest BCUT2D eigenvalue weighted by atomic mass is 16.6. The van der Waals surface area contributed by atoms with Gasteiger partial charge >= 0.3 is 12.1 Å². The Morgan fingerprint density at radius 2 is 1.35 bits per heavy atom. The van der Waals surface area contributed by atoms with E-state index in [0.29, 0.717) is 11.1 Å². The fraction of sp³-hybridized carbons (Fsp3) is 0.514. The molecule has 46 heavy (non-hydrogen) atoms. The molecule has 0 radical (unpaired) electrons. The highest BCUT2D eigenvalue weighted by molar-refractivity contribution is 5.94. The average Bonchev–Trinajstić information content (AvgIpc) is 2.91. The number of hydrogen-bond donors (Lipinski definition) is 2. The van der Waals surface area contributed by atoms with Crippen LogP contribution < -0.4 is 10.6 Å². The summed E-state index contributed by atoms with van der Waals surface area (Å²) in [5.41, 5.74) is -0.616. The quantitative estimate of drug-likeness (QED) is 0.247. The topological polar surface area (TPSA) is 114 Å². The molecule has 0 aliphatic carbocycles. The molecule has 0 saturated heterocycles. The van der Waals surface area contributed by atoms with Crippen LogP contribution >= 0.6 is 0 Å². The van der Waals surface area contributed by atoms with Crippen molar-refractivity contribution in [3.05, 3.63) is 71.3 Å². The molecule has 0 aromatic heterocycles. The summed E-state index contributed by atoms with van der Waals surface area (Å²) in [5, 5.41) is 5.62. The second-order valence-corrected chi connectivity index (χ2v) is 14.7. The Kier molecular flexibility index (Phi) is 12.6. The minimum absolute atomic E-state index is 0.169. The Hall–Kier alpha value is -4.32. The van der Waals surface area contributed by atoms with E-state index >= 15 is 0 Å². The molecule has 250 valence electrons. The molecule has 9 nitrogen and oxygen atoms in total. The van der Waals surface area contributed by atoms with E-state index in [9.17, 15) is 19.2 Å². The molecule has 0 aliphatic heterocycles. The van der Waals surface area contributed by atoms with Gasteiger partial charge in [-0.15, -0.1) is 6.42 Å². The maximum absolute atomic E-state index is 14.5. The Bertz CT molecular complexity index is 1390. The second kappa shape index (κ2) is 15.3. The first-order valence-corrected chi connectivity index (χ1v) is 15.6. The Morgan fingerprint density at radius 3 is 1.80 bits per heavy atom. The number of ether oxygens (including phenoxy) is 2. The summed E-state index contributed by atoms with van der Waals surface area (Å²) in [5.74, 6) is 0.520. The summed E-state index contributed by atoms with van der Waals surface area (Å²) in [6, 6.07) is 12.8. The van der Waals surface area contributed by atoms with E-state index in [1.54, 1.807) is 100 Å². The van der Waals surface area contributed by atoms with Gasteiger partial charge in [0.25, 0.3) is 0 Å². The van der Waals surface area contributed by atoms with Crippen LogP contribution in [0.4, 0.5) is 4.79 Å². The first-order valence-electron chi connectivity index (χ1n) is 15.6. The largest absolute Gasteiger partial charge is 0.458 e. The van der Waals surface area contributed by atoms with Crippen LogP contribution in [0.25, 0.3) is 0 Å². The first-order chi connectivity index (χ1) is 21.1. The monoisotopic (exact) mass is 633 g/mol. The van der Waals surface area contributed by atoms with E-state index in [1.165, 1.54) is 4.90 Å². The molecule has 0 fully saturated rings. The minimum atomic E-state index is -1.21. The molecule has 2 aromatic rings. The summed E-state index contributed by atoms with van der Waals surface area (Å²) in [6.07, 6.45) is 5.02. The molecule has 0 spiro atoms. The normalized spacial score (nSPS) is 13.9. The van der Waals surface area contributed by atoms with Crippen molar-refractivity contribution in [1.29, 1.82) is 0 Å². The fourth-order valence-corrected chi connectivity index (χ4v) is 4.79. The summed E-state index contributed by atoms with van der Waals surface area (Å²) < 4.78 is 11.2. The van der Waals surface area contributed by atoms with Gasteiger partial charge in [0.2, 0.25) is 11.8 Å². The number of hydrogen-bond acceptors (Lipinski definition) is 6. The number of esters is 1. The summed E-state index contributed by atoms with van der Waals surface area (Å²) in [6.45, 7) is 19.5. The maximum Gasteiger partial charge on any atom is 0.408 e. The minimum Gasteiger partial charge on any atom is -0.458 e. The number of nitrogens with one attached hydrogen (secondary N) is 2. The van der Waals surface area contributed by atoms with E-state index < -0.39 is 58.7 Å². The summed E-state index contributed by atoms with van der Waals surface area (Å²) in [4.78, 5) is 56.8. The number of rotatable bonds is 10. The SMILES string of the molecule is C#Cc1ccc(C(C(=O)NC(Cc2ccccc2)C(=O)OC(C)(C)C)N(C(=O)C(NC(=O)OC(C)(C)C)C(C)C)C(C)(C)C)cc1. The molecule has 0 bridgehead atoms. The lowest BCUT2D eigenvalue weighted by Crippen LogP contribution is -2.60. The number of carbonyl (C=O) groups excluding carboxylic acids is 4. The second-order valence-electron chi connectivity index (χ2n) is 14.7. The standard InChI is InChI=1S/C37H51N3O6/c1-13-25-19-21-27(22-20-25)30(31(41)38-28(33(43)45-36(7,8)9)23-26-17-15-14-16-18-26)40(35(4,5)6)32(42)29(24(2)3)39-34(44)46-37(10,11)12/h1,14-22,24,28-30H,23H2,2-12H3,(H,38,41)(H,39,44). The zero-order valence-corrected chi connectivity index (χ0v) is 29.2. The molecule has 3 atom stereocenters. The highest BCUT2D eigenvalue weighted by Gasteiger charge is 2.43. The van der Waals surface area contributed by atoms with E-state index in [-0.39, 0.29) is 12.3 Å². The molecular weight excluding hydrogens is 582 g/mol. The zero-order valence-electron chi connectivity index (χ0n) is 29.2. The van der Waals surface area contributed by atoms with Crippen molar-refractivity contribution < 1.29 is 28.7 Å². The van der Waals surface area contributed by atoms with Crippen LogP contribution in [-0.4, -0.2) is 57.6 Å². The van der Waals surface area contributed by atoms with Gasteiger partial charge in [-0.05, 0) is 91.5 Å². The molecule has 0 aliphatic rings. The van der Waals surface area contributed by atoms with Crippen LogP contribution in [0.2, 0.25) is 0 Å². The van der Waals surface area contributed by atoms with E-state index in [4.69, 9.17) is 15.9 Å².